The smallest absolute Gasteiger partial charge is 0.202 e. The van der Waals surface area contributed by atoms with Gasteiger partial charge in [-0.05, 0) is 60.2 Å². The highest BCUT2D eigenvalue weighted by Gasteiger charge is 2.35. The van der Waals surface area contributed by atoms with Gasteiger partial charge in [-0.25, -0.2) is 4.98 Å². The minimum absolute atomic E-state index is 0.444. The third-order valence-corrected chi connectivity index (χ3v) is 5.21. The Hall–Kier alpha value is -3.08. The molecule has 0 aliphatic carbocycles. The molecule has 0 aliphatic rings. The average molecular weight is 375 g/mol. The Morgan fingerprint density at radius 1 is 1.15 bits per heavy atom. The van der Waals surface area contributed by atoms with Gasteiger partial charge in [0, 0.05) is 18.9 Å². The zero-order valence-corrected chi connectivity index (χ0v) is 15.8. The van der Waals surface area contributed by atoms with Gasteiger partial charge in [-0.2, -0.15) is 10.5 Å². The van der Waals surface area contributed by atoms with Crippen LogP contribution >= 0.6 is 11.6 Å². The lowest BCUT2D eigenvalue weighted by atomic mass is 9.70. The standard InChI is InChI=1S/C22H19ClN4/c1-17-6-2-3-9-20(17)22(16-25,19-8-4-7-18(14-19)15-24)10-5-12-27-13-11-26-21(27)23/h2-4,6-9,11,13-14H,5,10,12H2,1H3. The van der Waals surface area contributed by atoms with E-state index in [-0.39, 0.29) is 0 Å². The first-order valence-electron chi connectivity index (χ1n) is 8.75. The van der Waals surface area contributed by atoms with E-state index in [1.165, 1.54) is 0 Å². The van der Waals surface area contributed by atoms with Crippen LogP contribution in [0.1, 0.15) is 35.1 Å². The maximum atomic E-state index is 10.3. The Balaban J connectivity index is 2.02. The molecular weight excluding hydrogens is 356 g/mol. The Labute approximate surface area is 164 Å². The van der Waals surface area contributed by atoms with E-state index in [1.807, 2.05) is 60.2 Å². The summed E-state index contributed by atoms with van der Waals surface area (Å²) in [7, 11) is 0. The van der Waals surface area contributed by atoms with Crippen molar-refractivity contribution in [2.75, 3.05) is 0 Å². The van der Waals surface area contributed by atoms with Crippen molar-refractivity contribution in [2.45, 2.75) is 31.7 Å². The molecule has 0 saturated heterocycles. The predicted octanol–water partition coefficient (Wildman–Crippen LogP) is 5.01. The summed E-state index contributed by atoms with van der Waals surface area (Å²) in [5.41, 5.74) is 2.60. The van der Waals surface area contributed by atoms with Gasteiger partial charge < -0.3 is 4.57 Å². The van der Waals surface area contributed by atoms with E-state index in [9.17, 15) is 10.5 Å². The lowest BCUT2D eigenvalue weighted by molar-refractivity contribution is 0.515. The molecule has 0 spiro atoms. The molecule has 134 valence electrons. The molecule has 0 bridgehead atoms. The fraction of sp³-hybridized carbons (Fsp3) is 0.227. The highest BCUT2D eigenvalue weighted by Crippen LogP contribution is 2.38. The topological polar surface area (TPSA) is 65.4 Å². The summed E-state index contributed by atoms with van der Waals surface area (Å²) in [4.78, 5) is 4.03. The van der Waals surface area contributed by atoms with Crippen molar-refractivity contribution >= 4 is 11.6 Å². The molecule has 2 aromatic carbocycles. The second-order valence-corrected chi connectivity index (χ2v) is 6.86. The SMILES string of the molecule is Cc1ccccc1C(C#N)(CCCn1ccnc1Cl)c1cccc(C#N)c1. The van der Waals surface area contributed by atoms with Crippen molar-refractivity contribution in [1.29, 1.82) is 10.5 Å². The number of nitrogens with zero attached hydrogens (tertiary/aromatic N) is 4. The van der Waals surface area contributed by atoms with E-state index in [0.717, 1.165) is 23.1 Å². The van der Waals surface area contributed by atoms with Crippen LogP contribution in [0.3, 0.4) is 0 Å². The summed E-state index contributed by atoms with van der Waals surface area (Å²) in [6.07, 6.45) is 4.85. The van der Waals surface area contributed by atoms with Crippen LogP contribution in [0.4, 0.5) is 0 Å². The van der Waals surface area contributed by atoms with Gasteiger partial charge in [0.1, 0.15) is 5.41 Å². The van der Waals surface area contributed by atoms with Gasteiger partial charge in [0.2, 0.25) is 5.28 Å². The molecule has 27 heavy (non-hydrogen) atoms. The summed E-state index contributed by atoms with van der Waals surface area (Å²) in [5.74, 6) is 0. The largest absolute Gasteiger partial charge is 0.322 e. The van der Waals surface area contributed by atoms with Crippen molar-refractivity contribution < 1.29 is 0 Å². The first-order valence-corrected chi connectivity index (χ1v) is 9.13. The maximum absolute atomic E-state index is 10.3. The van der Waals surface area contributed by atoms with E-state index >= 15 is 0 Å². The van der Waals surface area contributed by atoms with Crippen molar-refractivity contribution in [3.8, 4) is 12.1 Å². The number of nitriles is 2. The molecule has 0 aliphatic heterocycles. The van der Waals surface area contributed by atoms with Gasteiger partial charge in [0.25, 0.3) is 0 Å². The fourth-order valence-corrected chi connectivity index (χ4v) is 3.71. The van der Waals surface area contributed by atoms with E-state index in [4.69, 9.17) is 11.6 Å². The number of aryl methyl sites for hydroxylation is 2. The molecule has 1 aromatic heterocycles. The van der Waals surface area contributed by atoms with Gasteiger partial charge >= 0.3 is 0 Å². The van der Waals surface area contributed by atoms with Crippen molar-refractivity contribution in [1.82, 2.24) is 9.55 Å². The van der Waals surface area contributed by atoms with Crippen molar-refractivity contribution in [3.05, 3.63) is 88.5 Å². The van der Waals surface area contributed by atoms with Gasteiger partial charge in [-0.15, -0.1) is 0 Å². The van der Waals surface area contributed by atoms with Crippen LogP contribution in [-0.4, -0.2) is 9.55 Å². The molecule has 0 amide bonds. The Bertz CT molecular complexity index is 1030. The number of hydrogen-bond acceptors (Lipinski definition) is 3. The minimum Gasteiger partial charge on any atom is -0.322 e. The Morgan fingerprint density at radius 3 is 2.63 bits per heavy atom. The van der Waals surface area contributed by atoms with Crippen molar-refractivity contribution in [3.63, 3.8) is 0 Å². The molecule has 1 unspecified atom stereocenters. The second kappa shape index (κ2) is 8.08. The minimum atomic E-state index is -0.828. The van der Waals surface area contributed by atoms with E-state index in [2.05, 4.69) is 17.1 Å². The summed E-state index contributed by atoms with van der Waals surface area (Å²) in [5, 5.41) is 20.0. The Kier molecular flexibility index (Phi) is 5.60. The maximum Gasteiger partial charge on any atom is 0.202 e. The van der Waals surface area contributed by atoms with Gasteiger partial charge in [0.05, 0.1) is 17.7 Å². The highest BCUT2D eigenvalue weighted by atomic mass is 35.5. The summed E-state index contributed by atoms with van der Waals surface area (Å²) >= 11 is 6.07. The zero-order valence-electron chi connectivity index (χ0n) is 15.1. The number of imidazole rings is 1. The van der Waals surface area contributed by atoms with Gasteiger partial charge in [-0.1, -0.05) is 36.4 Å². The monoisotopic (exact) mass is 374 g/mol. The third-order valence-electron chi connectivity index (χ3n) is 4.90. The number of halogens is 1. The first kappa shape index (κ1) is 18.7. The van der Waals surface area contributed by atoms with Crippen LogP contribution in [0, 0.1) is 29.6 Å². The summed E-state index contributed by atoms with van der Waals surface area (Å²) < 4.78 is 1.87. The normalized spacial score (nSPS) is 12.7. The molecule has 4 nitrogen and oxygen atoms in total. The van der Waals surface area contributed by atoms with Gasteiger partial charge in [-0.3, -0.25) is 0 Å². The fourth-order valence-electron chi connectivity index (χ4n) is 3.51. The van der Waals surface area contributed by atoms with Crippen LogP contribution in [0.2, 0.25) is 5.28 Å². The molecule has 0 saturated carbocycles. The van der Waals surface area contributed by atoms with Crippen LogP contribution < -0.4 is 0 Å². The first-order chi connectivity index (χ1) is 13.1. The van der Waals surface area contributed by atoms with Crippen LogP contribution in [0.5, 0.6) is 0 Å². The molecule has 0 radical (unpaired) electrons. The molecule has 0 fully saturated rings. The quantitative estimate of drug-likeness (QED) is 0.609. The van der Waals surface area contributed by atoms with Gasteiger partial charge in [0.15, 0.2) is 0 Å². The lowest BCUT2D eigenvalue weighted by Gasteiger charge is -2.30. The number of rotatable bonds is 6. The highest BCUT2D eigenvalue weighted by molar-refractivity contribution is 6.28. The number of benzene rings is 2. The van der Waals surface area contributed by atoms with E-state index < -0.39 is 5.41 Å². The molecule has 5 heteroatoms. The summed E-state index contributed by atoms with van der Waals surface area (Å²) in [6, 6.07) is 20.0. The van der Waals surface area contributed by atoms with E-state index in [1.54, 1.807) is 12.3 Å². The Morgan fingerprint density at radius 2 is 1.96 bits per heavy atom. The van der Waals surface area contributed by atoms with E-state index in [0.29, 0.717) is 23.8 Å². The third kappa shape index (κ3) is 3.72. The zero-order chi connectivity index (χ0) is 19.3. The molecule has 3 rings (SSSR count). The molecule has 0 N–H and O–H groups in total. The molecule has 3 aromatic rings. The molecule has 1 atom stereocenters. The molecular formula is C22H19ClN4. The lowest BCUT2D eigenvalue weighted by Crippen LogP contribution is -2.27. The number of hydrogen-bond donors (Lipinski definition) is 0. The summed E-state index contributed by atoms with van der Waals surface area (Å²) in [6.45, 7) is 2.69. The van der Waals surface area contributed by atoms with Crippen LogP contribution in [0.15, 0.2) is 60.9 Å². The average Bonchev–Trinajstić information content (AvgIpc) is 3.11. The number of aromatic nitrogens is 2. The second-order valence-electron chi connectivity index (χ2n) is 6.52. The van der Waals surface area contributed by atoms with Crippen LogP contribution in [-0.2, 0) is 12.0 Å². The van der Waals surface area contributed by atoms with Crippen LogP contribution in [0.25, 0.3) is 0 Å². The molecule has 1 heterocycles. The predicted molar refractivity (Wildman–Crippen MR) is 105 cm³/mol. The van der Waals surface area contributed by atoms with Crippen molar-refractivity contribution in [2.24, 2.45) is 0 Å².